The summed E-state index contributed by atoms with van der Waals surface area (Å²) < 4.78 is 9.13. The molecule has 0 amide bonds. The van der Waals surface area contributed by atoms with Crippen LogP contribution in [0.5, 0.6) is 0 Å². The molecule has 268 valence electrons. The Bertz CT molecular complexity index is 3000. The molecule has 56 heavy (non-hydrogen) atoms. The summed E-state index contributed by atoms with van der Waals surface area (Å²) in [4.78, 5) is 9.92. The molecule has 0 aliphatic heterocycles. The summed E-state index contributed by atoms with van der Waals surface area (Å²) in [6, 6.07) is 59.2. The van der Waals surface area contributed by atoms with Gasteiger partial charge >= 0.3 is 0 Å². The van der Waals surface area contributed by atoms with E-state index in [4.69, 9.17) is 14.4 Å². The third-order valence-corrected chi connectivity index (χ3v) is 11.9. The lowest BCUT2D eigenvalue weighted by atomic mass is 9.83. The number of oxazole rings is 1. The van der Waals surface area contributed by atoms with Crippen LogP contribution in [-0.2, 0) is 0 Å². The maximum Gasteiger partial charge on any atom is 0.227 e. The van der Waals surface area contributed by atoms with Crippen LogP contribution >= 0.6 is 0 Å². The molecule has 1 saturated carbocycles. The SMILES string of the molecule is c1ccc(-c2ccccc2-c2cc(-c3nc4c(ccc5cccnc54)o3)cc(-n3c4ccccc4c4ccccc43)c2-c2ccc(C3CCCCC3)cc2)cc1. The van der Waals surface area contributed by atoms with Crippen LogP contribution < -0.4 is 0 Å². The van der Waals surface area contributed by atoms with Gasteiger partial charge in [0.1, 0.15) is 5.52 Å². The Morgan fingerprint density at radius 1 is 0.518 bits per heavy atom. The molecule has 0 spiro atoms. The van der Waals surface area contributed by atoms with Gasteiger partial charge in [-0.05, 0) is 94.6 Å². The molecule has 4 nitrogen and oxygen atoms in total. The smallest absolute Gasteiger partial charge is 0.227 e. The maximum atomic E-state index is 6.68. The molecular formula is C52H39N3O. The zero-order valence-corrected chi connectivity index (χ0v) is 31.0. The van der Waals surface area contributed by atoms with Crippen LogP contribution in [-0.4, -0.2) is 14.5 Å². The fourth-order valence-electron chi connectivity index (χ4n) is 9.22. The van der Waals surface area contributed by atoms with E-state index in [1.165, 1.54) is 70.7 Å². The molecule has 0 saturated heterocycles. The van der Waals surface area contributed by atoms with Gasteiger partial charge in [-0.2, -0.15) is 0 Å². The first kappa shape index (κ1) is 32.6. The molecule has 11 rings (SSSR count). The summed E-state index contributed by atoms with van der Waals surface area (Å²) in [5.41, 5.74) is 15.0. The number of nitrogens with zero attached hydrogens (tertiary/aromatic N) is 3. The van der Waals surface area contributed by atoms with Crippen LogP contribution in [0.3, 0.4) is 0 Å². The number of benzene rings is 7. The molecule has 0 radical (unpaired) electrons. The normalized spacial score (nSPS) is 13.6. The summed E-state index contributed by atoms with van der Waals surface area (Å²) in [7, 11) is 0. The van der Waals surface area contributed by atoms with Crippen LogP contribution in [0.25, 0.3) is 94.3 Å². The summed E-state index contributed by atoms with van der Waals surface area (Å²) in [5, 5.41) is 3.48. The highest BCUT2D eigenvalue weighted by atomic mass is 16.3. The lowest BCUT2D eigenvalue weighted by Crippen LogP contribution is -2.04. The molecule has 1 aliphatic carbocycles. The zero-order valence-electron chi connectivity index (χ0n) is 31.0. The molecule has 0 N–H and O–H groups in total. The molecule has 10 aromatic rings. The van der Waals surface area contributed by atoms with Gasteiger partial charge in [0.25, 0.3) is 0 Å². The highest BCUT2D eigenvalue weighted by Gasteiger charge is 2.25. The molecule has 3 aromatic heterocycles. The van der Waals surface area contributed by atoms with E-state index in [0.717, 1.165) is 55.4 Å². The van der Waals surface area contributed by atoms with Crippen molar-refractivity contribution in [2.45, 2.75) is 38.0 Å². The van der Waals surface area contributed by atoms with Crippen molar-refractivity contribution >= 4 is 43.8 Å². The quantitative estimate of drug-likeness (QED) is 0.172. The van der Waals surface area contributed by atoms with Crippen molar-refractivity contribution in [1.29, 1.82) is 0 Å². The second-order valence-electron chi connectivity index (χ2n) is 15.2. The van der Waals surface area contributed by atoms with Crippen LogP contribution in [0, 0.1) is 0 Å². The summed E-state index contributed by atoms with van der Waals surface area (Å²) in [5.74, 6) is 1.19. The third kappa shape index (κ3) is 5.44. The zero-order chi connectivity index (χ0) is 37.0. The summed E-state index contributed by atoms with van der Waals surface area (Å²) in [6.45, 7) is 0. The van der Waals surface area contributed by atoms with E-state index in [9.17, 15) is 0 Å². The lowest BCUT2D eigenvalue weighted by Gasteiger charge is -2.24. The van der Waals surface area contributed by atoms with Gasteiger partial charge in [-0.1, -0.05) is 141 Å². The highest BCUT2D eigenvalue weighted by Crippen LogP contribution is 2.47. The Morgan fingerprint density at radius 2 is 1.21 bits per heavy atom. The van der Waals surface area contributed by atoms with Crippen molar-refractivity contribution in [3.63, 3.8) is 0 Å². The van der Waals surface area contributed by atoms with Gasteiger partial charge in [-0.25, -0.2) is 4.98 Å². The van der Waals surface area contributed by atoms with E-state index < -0.39 is 0 Å². The number of fused-ring (bicyclic) bond motifs is 6. The van der Waals surface area contributed by atoms with Gasteiger partial charge in [0.15, 0.2) is 5.58 Å². The van der Waals surface area contributed by atoms with E-state index in [0.29, 0.717) is 11.8 Å². The number of hydrogen-bond acceptors (Lipinski definition) is 3. The summed E-state index contributed by atoms with van der Waals surface area (Å²) in [6.07, 6.45) is 8.34. The molecule has 0 unspecified atom stereocenters. The minimum absolute atomic E-state index is 0.567. The van der Waals surface area contributed by atoms with E-state index in [-0.39, 0.29) is 0 Å². The standard InChI is InChI=1S/C52H39N3O/c1-3-14-34(15-4-1)35-25-27-37(28-26-35)49-44(41-20-8-7-19-40(41)36-16-5-2-6-17-36)32-39(52-54-51-48(56-52)30-29-38-18-13-31-53-50(38)51)33-47(49)55-45-23-11-9-21-42(45)43-22-10-12-24-46(43)55/h2,5-13,16-34H,1,3-4,14-15H2. The topological polar surface area (TPSA) is 43.9 Å². The average molecular weight is 722 g/mol. The van der Waals surface area contributed by atoms with Crippen LogP contribution in [0.15, 0.2) is 174 Å². The van der Waals surface area contributed by atoms with Gasteiger partial charge in [0, 0.05) is 33.5 Å². The minimum Gasteiger partial charge on any atom is -0.436 e. The van der Waals surface area contributed by atoms with Crippen molar-refractivity contribution in [3.8, 4) is 50.5 Å². The fraction of sp³-hybridized carbons (Fsp3) is 0.115. The third-order valence-electron chi connectivity index (χ3n) is 11.9. The first-order valence-electron chi connectivity index (χ1n) is 19.8. The monoisotopic (exact) mass is 721 g/mol. The molecule has 1 fully saturated rings. The van der Waals surface area contributed by atoms with Crippen molar-refractivity contribution in [2.24, 2.45) is 0 Å². The molecule has 0 atom stereocenters. The lowest BCUT2D eigenvalue weighted by molar-refractivity contribution is 0.443. The van der Waals surface area contributed by atoms with Crippen molar-refractivity contribution in [1.82, 2.24) is 14.5 Å². The number of pyridine rings is 1. The number of para-hydroxylation sites is 2. The Labute approximate surface area is 325 Å². The Kier molecular flexibility index (Phi) is 7.87. The Balaban J connectivity index is 1.25. The highest BCUT2D eigenvalue weighted by molar-refractivity contribution is 6.11. The molecule has 0 bridgehead atoms. The van der Waals surface area contributed by atoms with Crippen molar-refractivity contribution in [3.05, 3.63) is 176 Å². The Morgan fingerprint density at radius 3 is 1.98 bits per heavy atom. The number of rotatable bonds is 6. The van der Waals surface area contributed by atoms with Gasteiger partial charge < -0.3 is 8.98 Å². The fourth-order valence-corrected chi connectivity index (χ4v) is 9.22. The number of hydrogen-bond donors (Lipinski definition) is 0. The van der Waals surface area contributed by atoms with E-state index in [1.54, 1.807) is 0 Å². The maximum absolute atomic E-state index is 6.68. The average Bonchev–Trinajstić information content (AvgIpc) is 3.87. The van der Waals surface area contributed by atoms with E-state index in [1.807, 2.05) is 18.3 Å². The summed E-state index contributed by atoms with van der Waals surface area (Å²) >= 11 is 0. The molecule has 7 aromatic carbocycles. The van der Waals surface area contributed by atoms with Crippen molar-refractivity contribution in [2.75, 3.05) is 0 Å². The van der Waals surface area contributed by atoms with Gasteiger partial charge in [-0.3, -0.25) is 4.98 Å². The first-order chi connectivity index (χ1) is 27.8. The van der Waals surface area contributed by atoms with E-state index in [2.05, 4.69) is 156 Å². The van der Waals surface area contributed by atoms with Gasteiger partial charge in [0.05, 0.1) is 22.2 Å². The number of aromatic nitrogens is 3. The largest absolute Gasteiger partial charge is 0.436 e. The second kappa shape index (κ2) is 13.5. The Hall–Kier alpha value is -6.78. The van der Waals surface area contributed by atoms with E-state index >= 15 is 0 Å². The molecular weight excluding hydrogens is 683 g/mol. The second-order valence-corrected chi connectivity index (χ2v) is 15.2. The van der Waals surface area contributed by atoms with Crippen LogP contribution in [0.4, 0.5) is 0 Å². The minimum atomic E-state index is 0.567. The molecule has 1 aliphatic rings. The van der Waals surface area contributed by atoms with Crippen LogP contribution in [0.1, 0.15) is 43.6 Å². The van der Waals surface area contributed by atoms with Crippen molar-refractivity contribution < 1.29 is 4.42 Å². The predicted molar refractivity (Wildman–Crippen MR) is 231 cm³/mol. The molecule has 4 heteroatoms. The van der Waals surface area contributed by atoms with Gasteiger partial charge in [0.2, 0.25) is 5.89 Å². The predicted octanol–water partition coefficient (Wildman–Crippen LogP) is 14.2. The van der Waals surface area contributed by atoms with Gasteiger partial charge in [-0.15, -0.1) is 0 Å². The first-order valence-corrected chi connectivity index (χ1v) is 19.8. The molecule has 3 heterocycles. The van der Waals surface area contributed by atoms with Crippen LogP contribution in [0.2, 0.25) is 0 Å².